The maximum Gasteiger partial charge on any atom is 0.306 e. The minimum absolute atomic E-state index is 0.200. The summed E-state index contributed by atoms with van der Waals surface area (Å²) in [6.45, 7) is 4.21. The second kappa shape index (κ2) is 6.48. The lowest BCUT2D eigenvalue weighted by molar-refractivity contribution is -0.140. The predicted octanol–water partition coefficient (Wildman–Crippen LogP) is 2.85. The Hall–Kier alpha value is -0.940. The van der Waals surface area contributed by atoms with E-state index < -0.39 is 0 Å². The predicted molar refractivity (Wildman–Crippen MR) is 78.0 cm³/mol. The number of nitrogens with zero attached hydrogens (tertiary/aromatic N) is 2. The number of halogens is 1. The zero-order valence-electron chi connectivity index (χ0n) is 11.1. The molecule has 4 nitrogen and oxygen atoms in total. The Morgan fingerprint density at radius 1 is 1.63 bits per heavy atom. The van der Waals surface area contributed by atoms with Crippen molar-refractivity contribution in [3.63, 3.8) is 0 Å². The summed E-state index contributed by atoms with van der Waals surface area (Å²) >= 11 is 7.93. The third-order valence-corrected chi connectivity index (χ3v) is 4.53. The van der Waals surface area contributed by atoms with Gasteiger partial charge in [0.05, 0.1) is 18.6 Å². The monoisotopic (exact) mass is 300 g/mol. The van der Waals surface area contributed by atoms with Gasteiger partial charge in [0.15, 0.2) is 0 Å². The van der Waals surface area contributed by atoms with Gasteiger partial charge < -0.3 is 9.64 Å². The molecular weight excluding hydrogens is 284 g/mol. The van der Waals surface area contributed by atoms with E-state index in [1.807, 2.05) is 6.07 Å². The number of esters is 1. The first-order valence-corrected chi connectivity index (χ1v) is 7.57. The highest BCUT2D eigenvalue weighted by atomic mass is 35.5. The van der Waals surface area contributed by atoms with E-state index in [-0.39, 0.29) is 5.97 Å². The van der Waals surface area contributed by atoms with E-state index in [9.17, 15) is 4.79 Å². The quantitative estimate of drug-likeness (QED) is 0.618. The van der Waals surface area contributed by atoms with Crippen molar-refractivity contribution < 1.29 is 9.53 Å². The Bertz CT molecular complexity index is 464. The normalized spacial score (nSPS) is 15.2. The molecule has 1 aromatic rings. The molecule has 1 fully saturated rings. The van der Waals surface area contributed by atoms with Crippen molar-refractivity contribution in [1.82, 2.24) is 4.98 Å². The van der Waals surface area contributed by atoms with Gasteiger partial charge in [0.1, 0.15) is 5.82 Å². The zero-order chi connectivity index (χ0) is 13.8. The van der Waals surface area contributed by atoms with Crippen LogP contribution in [0.4, 0.5) is 5.82 Å². The number of carbonyl (C=O) groups is 1. The summed E-state index contributed by atoms with van der Waals surface area (Å²) in [5.74, 6) is 2.01. The largest absolute Gasteiger partial charge is 0.469 e. The molecule has 2 rings (SSSR count). The Morgan fingerprint density at radius 2 is 2.37 bits per heavy atom. The molecule has 0 saturated carbocycles. The van der Waals surface area contributed by atoms with Crippen LogP contribution < -0.4 is 4.90 Å². The molecule has 1 aromatic heterocycles. The third-order valence-electron chi connectivity index (χ3n) is 2.99. The molecule has 0 spiro atoms. The number of thioether (sulfide) groups is 1. The average molecular weight is 301 g/mol. The van der Waals surface area contributed by atoms with Crippen molar-refractivity contribution >= 4 is 35.1 Å². The SMILES string of the molecule is COC(=O)CCSc1ccnc(N2CC(C)C2)c1Cl. The van der Waals surface area contributed by atoms with Crippen molar-refractivity contribution in [1.29, 1.82) is 0 Å². The van der Waals surface area contributed by atoms with E-state index in [2.05, 4.69) is 21.5 Å². The molecule has 6 heteroatoms. The first kappa shape index (κ1) is 14.5. The zero-order valence-corrected chi connectivity index (χ0v) is 12.6. The lowest BCUT2D eigenvalue weighted by Gasteiger charge is -2.38. The molecular formula is C13H17ClN2O2S. The fourth-order valence-corrected chi connectivity index (χ4v) is 3.22. The van der Waals surface area contributed by atoms with Crippen LogP contribution in [0.2, 0.25) is 5.02 Å². The number of rotatable bonds is 5. The fraction of sp³-hybridized carbons (Fsp3) is 0.538. The lowest BCUT2D eigenvalue weighted by atomic mass is 10.0. The van der Waals surface area contributed by atoms with E-state index >= 15 is 0 Å². The molecule has 104 valence electrons. The number of aromatic nitrogens is 1. The summed E-state index contributed by atoms with van der Waals surface area (Å²) in [5, 5.41) is 0.685. The molecule has 0 unspecified atom stereocenters. The second-order valence-electron chi connectivity index (χ2n) is 4.63. The highest BCUT2D eigenvalue weighted by Crippen LogP contribution is 2.36. The fourth-order valence-electron chi connectivity index (χ4n) is 1.97. The second-order valence-corrected chi connectivity index (χ2v) is 6.15. The minimum Gasteiger partial charge on any atom is -0.469 e. The van der Waals surface area contributed by atoms with Gasteiger partial charge in [0, 0.05) is 29.9 Å². The third kappa shape index (κ3) is 3.54. The van der Waals surface area contributed by atoms with Gasteiger partial charge in [-0.15, -0.1) is 11.8 Å². The smallest absolute Gasteiger partial charge is 0.306 e. The molecule has 1 aliphatic rings. The Morgan fingerprint density at radius 3 is 3.00 bits per heavy atom. The highest BCUT2D eigenvalue weighted by Gasteiger charge is 2.26. The minimum atomic E-state index is -0.200. The molecule has 0 radical (unpaired) electrons. The standard InChI is InChI=1S/C13H17ClN2O2S/c1-9-7-16(8-9)13-12(14)10(3-5-15-13)19-6-4-11(17)18-2/h3,5,9H,4,6-8H2,1-2H3. The highest BCUT2D eigenvalue weighted by molar-refractivity contribution is 7.99. The number of anilines is 1. The van der Waals surface area contributed by atoms with E-state index in [1.54, 1.807) is 18.0 Å². The van der Waals surface area contributed by atoms with Gasteiger partial charge in [0.25, 0.3) is 0 Å². The van der Waals surface area contributed by atoms with Crippen LogP contribution in [0.1, 0.15) is 13.3 Å². The number of hydrogen-bond acceptors (Lipinski definition) is 5. The maximum atomic E-state index is 11.1. The van der Waals surface area contributed by atoms with E-state index in [0.29, 0.717) is 23.1 Å². The molecule has 1 aliphatic heterocycles. The topological polar surface area (TPSA) is 42.4 Å². The molecule has 0 aromatic carbocycles. The van der Waals surface area contributed by atoms with Crippen molar-refractivity contribution in [2.75, 3.05) is 30.9 Å². The summed E-state index contributed by atoms with van der Waals surface area (Å²) in [4.78, 5) is 18.6. The maximum absolute atomic E-state index is 11.1. The molecule has 0 amide bonds. The summed E-state index contributed by atoms with van der Waals surface area (Å²) in [6.07, 6.45) is 2.15. The van der Waals surface area contributed by atoms with Crippen molar-refractivity contribution in [2.45, 2.75) is 18.2 Å². The number of hydrogen-bond donors (Lipinski definition) is 0. The van der Waals surface area contributed by atoms with Crippen LogP contribution in [-0.4, -0.2) is 36.9 Å². The van der Waals surface area contributed by atoms with Gasteiger partial charge in [-0.3, -0.25) is 4.79 Å². The average Bonchev–Trinajstić information content (AvgIpc) is 2.37. The van der Waals surface area contributed by atoms with Crippen molar-refractivity contribution in [3.8, 4) is 0 Å². The van der Waals surface area contributed by atoms with Crippen LogP contribution >= 0.6 is 23.4 Å². The van der Waals surface area contributed by atoms with Gasteiger partial charge in [-0.2, -0.15) is 0 Å². The molecule has 0 bridgehead atoms. The number of ether oxygens (including phenoxy) is 1. The summed E-state index contributed by atoms with van der Waals surface area (Å²) in [5.41, 5.74) is 0. The molecule has 1 saturated heterocycles. The summed E-state index contributed by atoms with van der Waals surface area (Å²) < 4.78 is 4.61. The van der Waals surface area contributed by atoms with Crippen LogP contribution in [0.25, 0.3) is 0 Å². The van der Waals surface area contributed by atoms with Crippen LogP contribution in [0.5, 0.6) is 0 Å². The Labute approximate surface area is 122 Å². The number of carbonyl (C=O) groups excluding carboxylic acids is 1. The van der Waals surface area contributed by atoms with Gasteiger partial charge >= 0.3 is 5.97 Å². The summed E-state index contributed by atoms with van der Waals surface area (Å²) in [7, 11) is 1.40. The summed E-state index contributed by atoms with van der Waals surface area (Å²) in [6, 6.07) is 1.89. The van der Waals surface area contributed by atoms with Gasteiger partial charge in [-0.1, -0.05) is 18.5 Å². The van der Waals surface area contributed by atoms with Gasteiger partial charge in [-0.25, -0.2) is 4.98 Å². The molecule has 0 aliphatic carbocycles. The first-order chi connectivity index (χ1) is 9.11. The van der Waals surface area contributed by atoms with Crippen LogP contribution in [0.3, 0.4) is 0 Å². The first-order valence-electron chi connectivity index (χ1n) is 6.21. The van der Waals surface area contributed by atoms with Crippen LogP contribution in [0.15, 0.2) is 17.2 Å². The lowest BCUT2D eigenvalue weighted by Crippen LogP contribution is -2.45. The van der Waals surface area contributed by atoms with Crippen molar-refractivity contribution in [2.24, 2.45) is 5.92 Å². The molecule has 0 N–H and O–H groups in total. The van der Waals surface area contributed by atoms with E-state index in [0.717, 1.165) is 23.8 Å². The van der Waals surface area contributed by atoms with E-state index in [4.69, 9.17) is 11.6 Å². The van der Waals surface area contributed by atoms with Crippen LogP contribution in [-0.2, 0) is 9.53 Å². The Kier molecular flexibility index (Phi) is 4.93. The Balaban J connectivity index is 1.97. The molecule has 0 atom stereocenters. The van der Waals surface area contributed by atoms with Gasteiger partial charge in [-0.05, 0) is 12.0 Å². The van der Waals surface area contributed by atoms with Gasteiger partial charge in [0.2, 0.25) is 0 Å². The molecule has 19 heavy (non-hydrogen) atoms. The van der Waals surface area contributed by atoms with E-state index in [1.165, 1.54) is 7.11 Å². The number of pyridine rings is 1. The number of methoxy groups -OCH3 is 1. The molecule has 2 heterocycles. The van der Waals surface area contributed by atoms with Crippen molar-refractivity contribution in [3.05, 3.63) is 17.3 Å². The van der Waals surface area contributed by atoms with Crippen LogP contribution in [0, 0.1) is 5.92 Å².